The summed E-state index contributed by atoms with van der Waals surface area (Å²) in [5.74, 6) is 0.283. The van der Waals surface area contributed by atoms with Crippen LogP contribution in [0, 0.1) is 0 Å². The van der Waals surface area contributed by atoms with Crippen LogP contribution in [0.3, 0.4) is 0 Å². The Morgan fingerprint density at radius 3 is 2.48 bits per heavy atom. The van der Waals surface area contributed by atoms with E-state index in [4.69, 9.17) is 0 Å². The summed E-state index contributed by atoms with van der Waals surface area (Å²) in [5, 5.41) is 3.54. The van der Waals surface area contributed by atoms with E-state index in [0.29, 0.717) is 6.04 Å². The summed E-state index contributed by atoms with van der Waals surface area (Å²) in [5.41, 5.74) is 1.23. The zero-order valence-electron chi connectivity index (χ0n) is 13.5. The number of amides is 1. The largest absolute Gasteiger partial charge is 0.323 e. The van der Waals surface area contributed by atoms with Crippen LogP contribution in [0.15, 0.2) is 30.3 Å². The fourth-order valence-electron chi connectivity index (χ4n) is 3.34. The van der Waals surface area contributed by atoms with Gasteiger partial charge in [-0.3, -0.25) is 10.1 Å². The van der Waals surface area contributed by atoms with Crippen molar-refractivity contribution < 1.29 is 4.79 Å². The number of rotatable bonds is 7. The molecule has 1 heterocycles. The molecule has 116 valence electrons. The number of nitrogens with zero attached hydrogens (tertiary/aromatic N) is 1. The zero-order chi connectivity index (χ0) is 15.2. The fraction of sp³-hybridized carbons (Fsp3) is 0.611. The SMILES string of the molecule is CCCC(CC)N1C(=O)C(Cc2ccccc2)NC1CC. The molecule has 21 heavy (non-hydrogen) atoms. The molecule has 1 saturated heterocycles. The Bertz CT molecular complexity index is 446. The Morgan fingerprint density at radius 2 is 1.90 bits per heavy atom. The molecule has 2 rings (SSSR count). The van der Waals surface area contributed by atoms with Crippen LogP contribution in [0.5, 0.6) is 0 Å². The molecule has 0 saturated carbocycles. The van der Waals surface area contributed by atoms with E-state index in [1.54, 1.807) is 0 Å². The van der Waals surface area contributed by atoms with E-state index < -0.39 is 0 Å². The summed E-state index contributed by atoms with van der Waals surface area (Å²) in [4.78, 5) is 14.9. The lowest BCUT2D eigenvalue weighted by atomic mass is 10.0. The van der Waals surface area contributed by atoms with E-state index in [2.05, 4.69) is 43.1 Å². The van der Waals surface area contributed by atoms with Gasteiger partial charge in [-0.1, -0.05) is 57.5 Å². The molecule has 0 bridgehead atoms. The van der Waals surface area contributed by atoms with Gasteiger partial charge in [-0.25, -0.2) is 0 Å². The minimum absolute atomic E-state index is 0.0664. The van der Waals surface area contributed by atoms with Crippen molar-refractivity contribution in [2.75, 3.05) is 0 Å². The first kappa shape index (κ1) is 16.0. The Kier molecular flexibility index (Phi) is 5.80. The van der Waals surface area contributed by atoms with Crippen molar-refractivity contribution in [2.24, 2.45) is 0 Å². The first-order chi connectivity index (χ1) is 10.2. The average Bonchev–Trinajstić information content (AvgIpc) is 2.82. The number of carbonyl (C=O) groups is 1. The van der Waals surface area contributed by atoms with Gasteiger partial charge in [0.25, 0.3) is 0 Å². The van der Waals surface area contributed by atoms with Gasteiger partial charge in [0.2, 0.25) is 5.91 Å². The highest BCUT2D eigenvalue weighted by Gasteiger charge is 2.40. The van der Waals surface area contributed by atoms with Crippen LogP contribution in [-0.4, -0.2) is 29.1 Å². The Morgan fingerprint density at radius 1 is 1.19 bits per heavy atom. The number of nitrogens with one attached hydrogen (secondary N) is 1. The van der Waals surface area contributed by atoms with E-state index in [1.807, 2.05) is 18.2 Å². The molecule has 0 spiro atoms. The molecule has 1 aromatic rings. The molecule has 3 unspecified atom stereocenters. The molecule has 3 atom stereocenters. The van der Waals surface area contributed by atoms with Crippen molar-refractivity contribution in [3.63, 3.8) is 0 Å². The van der Waals surface area contributed by atoms with Gasteiger partial charge in [-0.2, -0.15) is 0 Å². The maximum Gasteiger partial charge on any atom is 0.241 e. The second-order valence-corrected chi connectivity index (χ2v) is 5.93. The second kappa shape index (κ2) is 7.60. The van der Waals surface area contributed by atoms with E-state index in [9.17, 15) is 4.79 Å². The molecule has 1 aliphatic rings. The van der Waals surface area contributed by atoms with Crippen molar-refractivity contribution in [3.8, 4) is 0 Å². The molecule has 3 nitrogen and oxygen atoms in total. The Labute approximate surface area is 128 Å². The summed E-state index contributed by atoms with van der Waals surface area (Å²) in [6, 6.07) is 10.6. The zero-order valence-corrected chi connectivity index (χ0v) is 13.5. The molecule has 1 aliphatic heterocycles. The highest BCUT2D eigenvalue weighted by Crippen LogP contribution is 2.23. The third kappa shape index (κ3) is 3.65. The molecule has 1 fully saturated rings. The van der Waals surface area contributed by atoms with Crippen LogP contribution < -0.4 is 5.32 Å². The minimum atomic E-state index is -0.0664. The summed E-state index contributed by atoms with van der Waals surface area (Å²) >= 11 is 0. The van der Waals surface area contributed by atoms with Gasteiger partial charge in [0.15, 0.2) is 0 Å². The number of hydrogen-bond acceptors (Lipinski definition) is 2. The average molecular weight is 288 g/mol. The Hall–Kier alpha value is -1.35. The molecule has 0 radical (unpaired) electrons. The molecular weight excluding hydrogens is 260 g/mol. The van der Waals surface area contributed by atoms with Gasteiger partial charge in [-0.15, -0.1) is 0 Å². The molecule has 1 aromatic carbocycles. The van der Waals surface area contributed by atoms with Crippen LogP contribution >= 0.6 is 0 Å². The van der Waals surface area contributed by atoms with Crippen molar-refractivity contribution in [1.82, 2.24) is 10.2 Å². The van der Waals surface area contributed by atoms with Gasteiger partial charge < -0.3 is 4.90 Å². The number of hydrogen-bond donors (Lipinski definition) is 1. The van der Waals surface area contributed by atoms with E-state index in [0.717, 1.165) is 32.1 Å². The third-order valence-electron chi connectivity index (χ3n) is 4.44. The highest BCUT2D eigenvalue weighted by molar-refractivity contribution is 5.85. The predicted octanol–water partition coefficient (Wildman–Crippen LogP) is 3.34. The molecule has 0 aliphatic carbocycles. The maximum atomic E-state index is 12.8. The van der Waals surface area contributed by atoms with Gasteiger partial charge in [0.1, 0.15) is 0 Å². The lowest BCUT2D eigenvalue weighted by molar-refractivity contribution is -0.132. The van der Waals surface area contributed by atoms with Gasteiger partial charge in [0, 0.05) is 6.04 Å². The normalized spacial score (nSPS) is 23.6. The van der Waals surface area contributed by atoms with Gasteiger partial charge in [-0.05, 0) is 31.2 Å². The number of benzene rings is 1. The predicted molar refractivity (Wildman–Crippen MR) is 87.0 cm³/mol. The van der Waals surface area contributed by atoms with E-state index in [1.165, 1.54) is 5.56 Å². The van der Waals surface area contributed by atoms with Crippen LogP contribution in [0.4, 0.5) is 0 Å². The monoisotopic (exact) mass is 288 g/mol. The molecule has 1 amide bonds. The van der Waals surface area contributed by atoms with Gasteiger partial charge in [0.05, 0.1) is 12.2 Å². The first-order valence-electron chi connectivity index (χ1n) is 8.33. The fourth-order valence-corrected chi connectivity index (χ4v) is 3.34. The minimum Gasteiger partial charge on any atom is -0.323 e. The van der Waals surface area contributed by atoms with Crippen LogP contribution in [0.25, 0.3) is 0 Å². The lowest BCUT2D eigenvalue weighted by Crippen LogP contribution is -2.44. The molecule has 0 aromatic heterocycles. The summed E-state index contributed by atoms with van der Waals surface area (Å²) in [6.07, 6.45) is 5.21. The van der Waals surface area contributed by atoms with Crippen LogP contribution in [0.1, 0.15) is 52.0 Å². The quantitative estimate of drug-likeness (QED) is 0.834. The molecule has 1 N–H and O–H groups in total. The summed E-state index contributed by atoms with van der Waals surface area (Å²) in [6.45, 7) is 6.53. The Balaban J connectivity index is 2.11. The van der Waals surface area contributed by atoms with Crippen LogP contribution in [0.2, 0.25) is 0 Å². The molecular formula is C18H28N2O. The lowest BCUT2D eigenvalue weighted by Gasteiger charge is -2.31. The van der Waals surface area contributed by atoms with E-state index >= 15 is 0 Å². The summed E-state index contributed by atoms with van der Waals surface area (Å²) < 4.78 is 0. The van der Waals surface area contributed by atoms with Crippen molar-refractivity contribution in [3.05, 3.63) is 35.9 Å². The van der Waals surface area contributed by atoms with Gasteiger partial charge >= 0.3 is 0 Å². The second-order valence-electron chi connectivity index (χ2n) is 5.93. The third-order valence-corrected chi connectivity index (χ3v) is 4.44. The van der Waals surface area contributed by atoms with Crippen molar-refractivity contribution >= 4 is 5.91 Å². The smallest absolute Gasteiger partial charge is 0.241 e. The highest BCUT2D eigenvalue weighted by atomic mass is 16.2. The van der Waals surface area contributed by atoms with Crippen LogP contribution in [-0.2, 0) is 11.2 Å². The topological polar surface area (TPSA) is 32.3 Å². The van der Waals surface area contributed by atoms with Crippen molar-refractivity contribution in [2.45, 2.75) is 71.1 Å². The number of carbonyl (C=O) groups excluding carboxylic acids is 1. The standard InChI is InChI=1S/C18H28N2O/c1-4-10-15(5-2)20-17(6-3)19-16(18(20)21)13-14-11-8-7-9-12-14/h7-9,11-12,15-17,19H,4-6,10,13H2,1-3H3. The first-order valence-corrected chi connectivity index (χ1v) is 8.33. The van der Waals surface area contributed by atoms with Crippen molar-refractivity contribution in [1.29, 1.82) is 0 Å². The molecule has 3 heteroatoms. The summed E-state index contributed by atoms with van der Waals surface area (Å²) in [7, 11) is 0. The van der Waals surface area contributed by atoms with E-state index in [-0.39, 0.29) is 18.1 Å². The maximum absolute atomic E-state index is 12.8.